The number of benzene rings is 2. The molecule has 122 valence electrons. The van der Waals surface area contributed by atoms with Crippen molar-refractivity contribution in [3.05, 3.63) is 60.2 Å². The van der Waals surface area contributed by atoms with Crippen molar-refractivity contribution in [2.75, 3.05) is 32.1 Å². The highest BCUT2D eigenvalue weighted by Gasteiger charge is 2.13. The van der Waals surface area contributed by atoms with Gasteiger partial charge >= 0.3 is 0 Å². The van der Waals surface area contributed by atoms with Crippen molar-refractivity contribution >= 4 is 11.6 Å². The molecule has 23 heavy (non-hydrogen) atoms. The van der Waals surface area contributed by atoms with E-state index in [2.05, 4.69) is 0 Å². The first kappa shape index (κ1) is 17.0. The van der Waals surface area contributed by atoms with Crippen LogP contribution in [0.2, 0.25) is 0 Å². The Bertz CT molecular complexity index is 611. The summed E-state index contributed by atoms with van der Waals surface area (Å²) in [5.41, 5.74) is 2.07. The molecular weight excluding hydrogens is 288 g/mol. The first-order valence-corrected chi connectivity index (χ1v) is 7.82. The van der Waals surface area contributed by atoms with Crippen LogP contribution in [0.1, 0.15) is 12.5 Å². The van der Waals surface area contributed by atoms with E-state index in [4.69, 9.17) is 4.74 Å². The molecule has 0 unspecified atom stereocenters. The summed E-state index contributed by atoms with van der Waals surface area (Å²) < 4.78 is 5.44. The molecule has 0 heterocycles. The largest absolute Gasteiger partial charge is 0.494 e. The SMILES string of the molecule is CCOc1ccc(CN(C)CC(=O)N(C)c2ccccc2)cc1. The molecule has 4 nitrogen and oxygen atoms in total. The highest BCUT2D eigenvalue weighted by atomic mass is 16.5. The average Bonchev–Trinajstić information content (AvgIpc) is 2.57. The Morgan fingerprint density at radius 3 is 2.26 bits per heavy atom. The van der Waals surface area contributed by atoms with Crippen LogP contribution < -0.4 is 9.64 Å². The van der Waals surface area contributed by atoms with E-state index in [1.54, 1.807) is 4.90 Å². The Hall–Kier alpha value is -2.33. The summed E-state index contributed by atoms with van der Waals surface area (Å²) in [6.07, 6.45) is 0. The van der Waals surface area contributed by atoms with Crippen LogP contribution in [0.3, 0.4) is 0 Å². The number of hydrogen-bond donors (Lipinski definition) is 0. The molecule has 0 aliphatic carbocycles. The first-order valence-electron chi connectivity index (χ1n) is 7.82. The number of rotatable bonds is 7. The third kappa shape index (κ3) is 5.11. The molecule has 4 heteroatoms. The summed E-state index contributed by atoms with van der Waals surface area (Å²) in [7, 11) is 3.76. The number of amides is 1. The second-order valence-electron chi connectivity index (χ2n) is 5.54. The van der Waals surface area contributed by atoms with Crippen molar-refractivity contribution < 1.29 is 9.53 Å². The van der Waals surface area contributed by atoms with E-state index >= 15 is 0 Å². The number of anilines is 1. The van der Waals surface area contributed by atoms with Gasteiger partial charge in [-0.05, 0) is 43.8 Å². The molecule has 0 bridgehead atoms. The van der Waals surface area contributed by atoms with Gasteiger partial charge in [-0.1, -0.05) is 30.3 Å². The summed E-state index contributed by atoms with van der Waals surface area (Å²) in [6.45, 7) is 3.73. The standard InChI is InChI=1S/C19H24N2O2/c1-4-23-18-12-10-16(11-13-18)14-20(2)15-19(22)21(3)17-8-6-5-7-9-17/h5-13H,4,14-15H2,1-3H3. The Morgan fingerprint density at radius 1 is 1.00 bits per heavy atom. The molecule has 2 aromatic rings. The van der Waals surface area contributed by atoms with E-state index in [-0.39, 0.29) is 5.91 Å². The van der Waals surface area contributed by atoms with Crippen molar-refractivity contribution in [2.24, 2.45) is 0 Å². The van der Waals surface area contributed by atoms with E-state index in [9.17, 15) is 4.79 Å². The number of nitrogens with zero attached hydrogens (tertiary/aromatic N) is 2. The van der Waals surface area contributed by atoms with Gasteiger partial charge in [0.2, 0.25) is 5.91 Å². The predicted octanol–water partition coefficient (Wildman–Crippen LogP) is 3.18. The second-order valence-corrected chi connectivity index (χ2v) is 5.54. The van der Waals surface area contributed by atoms with Crippen molar-refractivity contribution in [1.82, 2.24) is 4.90 Å². The van der Waals surface area contributed by atoms with Crippen LogP contribution in [-0.4, -0.2) is 38.1 Å². The van der Waals surface area contributed by atoms with Crippen LogP contribution in [0.25, 0.3) is 0 Å². The fourth-order valence-electron chi connectivity index (χ4n) is 2.36. The Kier molecular flexibility index (Phi) is 6.18. The monoisotopic (exact) mass is 312 g/mol. The van der Waals surface area contributed by atoms with Crippen LogP contribution in [0.5, 0.6) is 5.75 Å². The zero-order valence-corrected chi connectivity index (χ0v) is 14.0. The van der Waals surface area contributed by atoms with Gasteiger partial charge < -0.3 is 9.64 Å². The molecule has 0 aliphatic rings. The molecule has 0 spiro atoms. The number of carbonyl (C=O) groups excluding carboxylic acids is 1. The molecule has 0 N–H and O–H groups in total. The number of carbonyl (C=O) groups is 1. The fourth-order valence-corrected chi connectivity index (χ4v) is 2.36. The zero-order chi connectivity index (χ0) is 16.7. The molecule has 0 saturated heterocycles. The molecule has 1 amide bonds. The van der Waals surface area contributed by atoms with Crippen LogP contribution in [0.4, 0.5) is 5.69 Å². The van der Waals surface area contributed by atoms with Gasteiger partial charge in [0.25, 0.3) is 0 Å². The van der Waals surface area contributed by atoms with Crippen molar-refractivity contribution in [3.63, 3.8) is 0 Å². The van der Waals surface area contributed by atoms with Gasteiger partial charge in [0, 0.05) is 19.3 Å². The maximum Gasteiger partial charge on any atom is 0.240 e. The van der Waals surface area contributed by atoms with Gasteiger partial charge in [-0.25, -0.2) is 0 Å². The summed E-state index contributed by atoms with van der Waals surface area (Å²) in [5, 5.41) is 0. The molecule has 0 aromatic heterocycles. The minimum absolute atomic E-state index is 0.0737. The summed E-state index contributed by atoms with van der Waals surface area (Å²) in [6, 6.07) is 17.7. The van der Waals surface area contributed by atoms with Crippen LogP contribution in [-0.2, 0) is 11.3 Å². The second kappa shape index (κ2) is 8.34. The minimum atomic E-state index is 0.0737. The lowest BCUT2D eigenvalue weighted by molar-refractivity contribution is -0.119. The van der Waals surface area contributed by atoms with Gasteiger partial charge in [-0.2, -0.15) is 0 Å². The van der Waals surface area contributed by atoms with Crippen LogP contribution in [0.15, 0.2) is 54.6 Å². The van der Waals surface area contributed by atoms with Crippen LogP contribution >= 0.6 is 0 Å². The van der Waals surface area contributed by atoms with Gasteiger partial charge in [-0.3, -0.25) is 9.69 Å². The third-order valence-corrected chi connectivity index (χ3v) is 3.61. The summed E-state index contributed by atoms with van der Waals surface area (Å²) in [4.78, 5) is 16.0. The number of likely N-dealkylation sites (N-methyl/N-ethyl adjacent to an activating group) is 2. The maximum atomic E-state index is 12.3. The van der Waals surface area contributed by atoms with Gasteiger partial charge in [0.05, 0.1) is 13.2 Å². The van der Waals surface area contributed by atoms with Crippen LogP contribution in [0, 0.1) is 0 Å². The van der Waals surface area contributed by atoms with E-state index in [0.717, 1.165) is 23.5 Å². The van der Waals surface area contributed by atoms with Gasteiger partial charge in [0.15, 0.2) is 0 Å². The number of hydrogen-bond acceptors (Lipinski definition) is 3. The van der Waals surface area contributed by atoms with Crippen molar-refractivity contribution in [3.8, 4) is 5.75 Å². The quantitative estimate of drug-likeness (QED) is 0.787. The van der Waals surface area contributed by atoms with E-state index in [1.807, 2.05) is 80.5 Å². The number of para-hydroxylation sites is 1. The lowest BCUT2D eigenvalue weighted by Gasteiger charge is -2.22. The lowest BCUT2D eigenvalue weighted by Crippen LogP contribution is -2.36. The highest BCUT2D eigenvalue weighted by molar-refractivity contribution is 5.94. The molecule has 0 saturated carbocycles. The topological polar surface area (TPSA) is 32.8 Å². The van der Waals surface area contributed by atoms with Crippen molar-refractivity contribution in [1.29, 1.82) is 0 Å². The fraction of sp³-hybridized carbons (Fsp3) is 0.316. The molecular formula is C19H24N2O2. The molecule has 2 aromatic carbocycles. The van der Waals surface area contributed by atoms with Crippen molar-refractivity contribution in [2.45, 2.75) is 13.5 Å². The predicted molar refractivity (Wildman–Crippen MR) is 93.8 cm³/mol. The molecule has 0 atom stereocenters. The van der Waals surface area contributed by atoms with Gasteiger partial charge in [0.1, 0.15) is 5.75 Å². The number of ether oxygens (including phenoxy) is 1. The summed E-state index contributed by atoms with van der Waals surface area (Å²) >= 11 is 0. The van der Waals surface area contributed by atoms with E-state index in [0.29, 0.717) is 13.2 Å². The smallest absolute Gasteiger partial charge is 0.240 e. The van der Waals surface area contributed by atoms with Gasteiger partial charge in [-0.15, -0.1) is 0 Å². The molecule has 0 aliphatic heterocycles. The Balaban J connectivity index is 1.88. The van der Waals surface area contributed by atoms with E-state index < -0.39 is 0 Å². The zero-order valence-electron chi connectivity index (χ0n) is 14.0. The Morgan fingerprint density at radius 2 is 1.65 bits per heavy atom. The average molecular weight is 312 g/mol. The third-order valence-electron chi connectivity index (χ3n) is 3.61. The van der Waals surface area contributed by atoms with E-state index in [1.165, 1.54) is 0 Å². The normalized spacial score (nSPS) is 10.6. The summed E-state index contributed by atoms with van der Waals surface area (Å²) in [5.74, 6) is 0.948. The lowest BCUT2D eigenvalue weighted by atomic mass is 10.2. The Labute approximate surface area is 138 Å². The maximum absolute atomic E-state index is 12.3. The highest BCUT2D eigenvalue weighted by Crippen LogP contribution is 2.14. The first-order chi connectivity index (χ1) is 11.1. The molecule has 2 rings (SSSR count). The minimum Gasteiger partial charge on any atom is -0.494 e. The molecule has 0 fully saturated rings. The molecule has 0 radical (unpaired) electrons.